The monoisotopic (exact) mass is 276 g/mol. The maximum Gasteiger partial charge on any atom is 0.220 e. The Kier molecular flexibility index (Phi) is 8.11. The number of hydrogen-bond acceptors (Lipinski definition) is 2. The van der Waals surface area contributed by atoms with Crippen molar-refractivity contribution in [2.24, 2.45) is 0 Å². The van der Waals surface area contributed by atoms with Crippen LogP contribution in [0.15, 0.2) is 30.3 Å². The smallest absolute Gasteiger partial charge is 0.220 e. The zero-order valence-electron chi connectivity index (χ0n) is 12.2. The van der Waals surface area contributed by atoms with Crippen LogP contribution in [0.3, 0.4) is 0 Å². The fraction of sp³-hybridized carbons (Fsp3) is 0.500. The Labute approximate surface area is 121 Å². The first kappa shape index (κ1) is 16.2. The van der Waals surface area contributed by atoms with Crippen LogP contribution >= 0.6 is 0 Å². The van der Waals surface area contributed by atoms with Crippen molar-refractivity contribution in [1.29, 1.82) is 0 Å². The largest absolute Gasteiger partial charge is 0.359 e. The molecule has 110 valence electrons. The number of hydrogen-bond donors (Lipinski definition) is 2. The molecule has 0 saturated heterocycles. The lowest BCUT2D eigenvalue weighted by molar-refractivity contribution is -0.122. The maximum absolute atomic E-state index is 11.6. The summed E-state index contributed by atoms with van der Waals surface area (Å²) in [5.41, 5.74) is 1.12. The molecule has 20 heavy (non-hydrogen) atoms. The molecule has 2 amide bonds. The molecule has 0 aliphatic carbocycles. The van der Waals surface area contributed by atoms with Crippen LogP contribution in [0.5, 0.6) is 0 Å². The Morgan fingerprint density at radius 2 is 1.50 bits per heavy atom. The van der Waals surface area contributed by atoms with Crippen LogP contribution in [0.4, 0.5) is 0 Å². The molecular weight excluding hydrogens is 252 g/mol. The van der Waals surface area contributed by atoms with Crippen molar-refractivity contribution >= 4 is 11.8 Å². The van der Waals surface area contributed by atoms with Crippen molar-refractivity contribution in [2.45, 2.75) is 45.1 Å². The van der Waals surface area contributed by atoms with E-state index in [1.54, 1.807) is 7.05 Å². The zero-order chi connectivity index (χ0) is 14.6. The standard InChI is InChI=1S/C16H24N2O2/c1-17-15(19)11-7-2-3-8-12-16(20)18-13-14-9-5-4-6-10-14/h4-6,9-10H,2-3,7-8,11-13H2,1H3,(H,17,19)(H,18,20). The van der Waals surface area contributed by atoms with Crippen LogP contribution in [0, 0.1) is 0 Å². The summed E-state index contributed by atoms with van der Waals surface area (Å²) < 4.78 is 0. The fourth-order valence-corrected chi connectivity index (χ4v) is 1.93. The third-order valence-corrected chi connectivity index (χ3v) is 3.17. The number of carbonyl (C=O) groups excluding carboxylic acids is 2. The van der Waals surface area contributed by atoms with Gasteiger partial charge in [0.1, 0.15) is 0 Å². The summed E-state index contributed by atoms with van der Waals surface area (Å²) in [5.74, 6) is 0.186. The first-order chi connectivity index (χ1) is 9.72. The number of amides is 2. The minimum absolute atomic E-state index is 0.0885. The molecule has 1 aromatic carbocycles. The number of carbonyl (C=O) groups is 2. The van der Waals surface area contributed by atoms with Crippen LogP contribution in [-0.2, 0) is 16.1 Å². The number of benzene rings is 1. The quantitative estimate of drug-likeness (QED) is 0.680. The van der Waals surface area contributed by atoms with Gasteiger partial charge in [-0.3, -0.25) is 9.59 Å². The Morgan fingerprint density at radius 3 is 2.10 bits per heavy atom. The summed E-state index contributed by atoms with van der Waals surface area (Å²) in [6.45, 7) is 0.594. The van der Waals surface area contributed by atoms with E-state index in [0.717, 1.165) is 31.2 Å². The minimum Gasteiger partial charge on any atom is -0.359 e. The van der Waals surface area contributed by atoms with Crippen LogP contribution in [0.25, 0.3) is 0 Å². The third kappa shape index (κ3) is 7.56. The van der Waals surface area contributed by atoms with E-state index in [0.29, 0.717) is 19.4 Å². The van der Waals surface area contributed by atoms with Crippen molar-refractivity contribution < 1.29 is 9.59 Å². The second-order valence-electron chi connectivity index (χ2n) is 4.85. The lowest BCUT2D eigenvalue weighted by Crippen LogP contribution is -2.22. The van der Waals surface area contributed by atoms with E-state index in [4.69, 9.17) is 0 Å². The molecule has 1 aromatic rings. The lowest BCUT2D eigenvalue weighted by Gasteiger charge is -2.05. The van der Waals surface area contributed by atoms with Crippen LogP contribution in [0.1, 0.15) is 44.1 Å². The van der Waals surface area contributed by atoms with E-state index in [2.05, 4.69) is 10.6 Å². The van der Waals surface area contributed by atoms with Gasteiger partial charge in [0, 0.05) is 26.4 Å². The second kappa shape index (κ2) is 10.0. The van der Waals surface area contributed by atoms with Crippen molar-refractivity contribution in [3.8, 4) is 0 Å². The van der Waals surface area contributed by atoms with Gasteiger partial charge < -0.3 is 10.6 Å². The first-order valence-corrected chi connectivity index (χ1v) is 7.23. The highest BCUT2D eigenvalue weighted by atomic mass is 16.2. The number of rotatable bonds is 9. The highest BCUT2D eigenvalue weighted by Gasteiger charge is 2.02. The topological polar surface area (TPSA) is 58.2 Å². The first-order valence-electron chi connectivity index (χ1n) is 7.23. The molecule has 0 heterocycles. The molecule has 2 N–H and O–H groups in total. The summed E-state index contributed by atoms with van der Waals surface area (Å²) in [6.07, 6.45) is 4.92. The van der Waals surface area contributed by atoms with E-state index in [-0.39, 0.29) is 11.8 Å². The Balaban J connectivity index is 1.99. The van der Waals surface area contributed by atoms with Gasteiger partial charge >= 0.3 is 0 Å². The average Bonchev–Trinajstić information content (AvgIpc) is 2.49. The molecule has 0 aliphatic heterocycles. The van der Waals surface area contributed by atoms with Gasteiger partial charge in [-0.2, -0.15) is 0 Å². The normalized spacial score (nSPS) is 10.1. The van der Waals surface area contributed by atoms with E-state index in [9.17, 15) is 9.59 Å². The molecule has 0 atom stereocenters. The summed E-state index contributed by atoms with van der Waals surface area (Å²) >= 11 is 0. The molecule has 0 saturated carbocycles. The summed E-state index contributed by atoms with van der Waals surface area (Å²) in [5, 5.41) is 5.52. The van der Waals surface area contributed by atoms with Crippen LogP contribution in [0.2, 0.25) is 0 Å². The highest BCUT2D eigenvalue weighted by molar-refractivity contribution is 5.76. The van der Waals surface area contributed by atoms with Gasteiger partial charge in [-0.15, -0.1) is 0 Å². The molecule has 0 fully saturated rings. The molecule has 0 bridgehead atoms. The lowest BCUT2D eigenvalue weighted by atomic mass is 10.1. The summed E-state index contributed by atoms with van der Waals surface area (Å²) in [7, 11) is 1.65. The predicted octanol–water partition coefficient (Wildman–Crippen LogP) is 2.39. The van der Waals surface area contributed by atoms with Crippen LogP contribution in [-0.4, -0.2) is 18.9 Å². The van der Waals surface area contributed by atoms with E-state index in [1.807, 2.05) is 30.3 Å². The van der Waals surface area contributed by atoms with Crippen molar-refractivity contribution in [1.82, 2.24) is 10.6 Å². The van der Waals surface area contributed by atoms with Gasteiger partial charge in [0.25, 0.3) is 0 Å². The molecule has 1 rings (SSSR count). The molecule has 0 unspecified atom stereocenters. The van der Waals surface area contributed by atoms with E-state index < -0.39 is 0 Å². The van der Waals surface area contributed by atoms with Crippen molar-refractivity contribution in [3.63, 3.8) is 0 Å². The molecule has 4 heteroatoms. The average molecular weight is 276 g/mol. The van der Waals surface area contributed by atoms with Gasteiger partial charge in [0.05, 0.1) is 0 Å². The summed E-state index contributed by atoms with van der Waals surface area (Å²) in [4.78, 5) is 22.6. The van der Waals surface area contributed by atoms with Crippen molar-refractivity contribution in [2.75, 3.05) is 7.05 Å². The van der Waals surface area contributed by atoms with Gasteiger partial charge in [-0.05, 0) is 18.4 Å². The number of unbranched alkanes of at least 4 members (excludes halogenated alkanes) is 3. The van der Waals surface area contributed by atoms with Gasteiger partial charge in [-0.25, -0.2) is 0 Å². The maximum atomic E-state index is 11.6. The van der Waals surface area contributed by atoms with Gasteiger partial charge in [0.2, 0.25) is 11.8 Å². The molecule has 0 aliphatic rings. The van der Waals surface area contributed by atoms with E-state index in [1.165, 1.54) is 0 Å². The van der Waals surface area contributed by atoms with Gasteiger partial charge in [-0.1, -0.05) is 43.2 Å². The third-order valence-electron chi connectivity index (χ3n) is 3.17. The Hall–Kier alpha value is -1.84. The molecular formula is C16H24N2O2. The molecule has 0 spiro atoms. The zero-order valence-corrected chi connectivity index (χ0v) is 12.2. The molecule has 0 radical (unpaired) electrons. The van der Waals surface area contributed by atoms with Crippen molar-refractivity contribution in [3.05, 3.63) is 35.9 Å². The molecule has 0 aromatic heterocycles. The number of nitrogens with one attached hydrogen (secondary N) is 2. The molecule has 4 nitrogen and oxygen atoms in total. The predicted molar refractivity (Wildman–Crippen MR) is 80.1 cm³/mol. The van der Waals surface area contributed by atoms with Crippen LogP contribution < -0.4 is 10.6 Å². The van der Waals surface area contributed by atoms with E-state index >= 15 is 0 Å². The Bertz CT molecular complexity index is 404. The fourth-order valence-electron chi connectivity index (χ4n) is 1.93. The Morgan fingerprint density at radius 1 is 0.900 bits per heavy atom. The summed E-state index contributed by atoms with van der Waals surface area (Å²) in [6, 6.07) is 9.89. The highest BCUT2D eigenvalue weighted by Crippen LogP contribution is 2.05. The van der Waals surface area contributed by atoms with Gasteiger partial charge in [0.15, 0.2) is 0 Å². The second-order valence-corrected chi connectivity index (χ2v) is 4.85. The SMILES string of the molecule is CNC(=O)CCCCCCC(=O)NCc1ccccc1. The minimum atomic E-state index is 0.0885.